The zero-order chi connectivity index (χ0) is 16.7. The van der Waals surface area contributed by atoms with Crippen LogP contribution in [-0.4, -0.2) is 34.0 Å². The molecule has 6 nitrogen and oxygen atoms in total. The lowest BCUT2D eigenvalue weighted by Crippen LogP contribution is -2.25. The normalized spacial score (nSPS) is 10.6. The predicted molar refractivity (Wildman–Crippen MR) is 90.9 cm³/mol. The lowest BCUT2D eigenvalue weighted by molar-refractivity contribution is 0.0949. The summed E-state index contributed by atoms with van der Waals surface area (Å²) >= 11 is 1.56. The first-order valence-electron chi connectivity index (χ1n) is 7.58. The second kappa shape index (κ2) is 8.57. The molecule has 2 rings (SSSR count). The van der Waals surface area contributed by atoms with Crippen molar-refractivity contribution in [1.29, 1.82) is 0 Å². The molecule has 1 amide bonds. The molecule has 0 saturated carbocycles. The van der Waals surface area contributed by atoms with Crippen LogP contribution in [0.3, 0.4) is 0 Å². The number of carbonyl (C=O) groups excluding carboxylic acids is 1. The summed E-state index contributed by atoms with van der Waals surface area (Å²) in [5, 5.41) is 12.1. The fourth-order valence-electron chi connectivity index (χ4n) is 2.15. The molecule has 7 heteroatoms. The van der Waals surface area contributed by atoms with Gasteiger partial charge in [-0.25, -0.2) is 0 Å². The van der Waals surface area contributed by atoms with Crippen LogP contribution in [0.25, 0.3) is 0 Å². The number of nitrogens with zero attached hydrogens (tertiary/aromatic N) is 3. The second-order valence-corrected chi connectivity index (χ2v) is 5.79. The van der Waals surface area contributed by atoms with E-state index in [1.165, 1.54) is 0 Å². The van der Waals surface area contributed by atoms with Crippen molar-refractivity contribution in [2.75, 3.05) is 13.4 Å². The van der Waals surface area contributed by atoms with E-state index in [0.29, 0.717) is 12.1 Å². The second-order valence-electron chi connectivity index (χ2n) is 5.02. The Morgan fingerprint density at radius 1 is 1.30 bits per heavy atom. The topological polar surface area (TPSA) is 69.0 Å². The summed E-state index contributed by atoms with van der Waals surface area (Å²) in [5.74, 6) is 1.37. The van der Waals surface area contributed by atoms with Gasteiger partial charge in [0.1, 0.15) is 5.75 Å². The minimum Gasteiger partial charge on any atom is -0.497 e. The van der Waals surface area contributed by atoms with Crippen LogP contribution in [-0.2, 0) is 13.1 Å². The number of thioether (sulfide) groups is 1. The first-order chi connectivity index (χ1) is 11.2. The number of aromatic nitrogens is 3. The van der Waals surface area contributed by atoms with Gasteiger partial charge in [0, 0.05) is 12.1 Å². The SMILES string of the molecule is CCCCn1c(CNC(=O)c2ccc(OC)cc2)nnc1SC. The first-order valence-corrected chi connectivity index (χ1v) is 8.80. The quantitative estimate of drug-likeness (QED) is 0.752. The highest BCUT2D eigenvalue weighted by atomic mass is 32.2. The lowest BCUT2D eigenvalue weighted by Gasteiger charge is -2.09. The largest absolute Gasteiger partial charge is 0.497 e. The molecule has 0 saturated heterocycles. The van der Waals surface area contributed by atoms with E-state index in [-0.39, 0.29) is 5.91 Å². The molecule has 0 atom stereocenters. The smallest absolute Gasteiger partial charge is 0.251 e. The van der Waals surface area contributed by atoms with E-state index < -0.39 is 0 Å². The molecular weight excluding hydrogens is 312 g/mol. The molecular formula is C16H22N4O2S. The molecule has 0 fully saturated rings. The molecule has 1 heterocycles. The third kappa shape index (κ3) is 4.48. The van der Waals surface area contributed by atoms with Gasteiger partial charge in [-0.1, -0.05) is 25.1 Å². The third-order valence-corrected chi connectivity index (χ3v) is 4.14. The van der Waals surface area contributed by atoms with Gasteiger partial charge >= 0.3 is 0 Å². The molecule has 0 bridgehead atoms. The van der Waals surface area contributed by atoms with Crippen molar-refractivity contribution in [3.8, 4) is 5.75 Å². The van der Waals surface area contributed by atoms with Crippen molar-refractivity contribution in [3.63, 3.8) is 0 Å². The van der Waals surface area contributed by atoms with Crippen LogP contribution in [0.4, 0.5) is 0 Å². The molecule has 0 radical (unpaired) electrons. The molecule has 0 spiro atoms. The predicted octanol–water partition coefficient (Wildman–Crippen LogP) is 2.74. The van der Waals surface area contributed by atoms with Crippen LogP contribution >= 0.6 is 11.8 Å². The molecule has 0 aliphatic carbocycles. The van der Waals surface area contributed by atoms with E-state index >= 15 is 0 Å². The van der Waals surface area contributed by atoms with E-state index in [4.69, 9.17) is 4.74 Å². The standard InChI is InChI=1S/C16H22N4O2S/c1-4-5-10-20-14(18-19-16(20)23-3)11-17-15(21)12-6-8-13(22-2)9-7-12/h6-9H,4-5,10-11H2,1-3H3,(H,17,21). The first kappa shape index (κ1) is 17.3. The van der Waals surface area contributed by atoms with Gasteiger partial charge in [0.05, 0.1) is 13.7 Å². The molecule has 0 aliphatic heterocycles. The average molecular weight is 334 g/mol. The maximum absolute atomic E-state index is 12.2. The summed E-state index contributed by atoms with van der Waals surface area (Å²) in [7, 11) is 1.60. The van der Waals surface area contributed by atoms with Crippen LogP contribution < -0.4 is 10.1 Å². The number of hydrogen-bond donors (Lipinski definition) is 1. The number of benzene rings is 1. The Labute approximate surface area is 140 Å². The van der Waals surface area contributed by atoms with Gasteiger partial charge in [-0.05, 0) is 36.9 Å². The fraction of sp³-hybridized carbons (Fsp3) is 0.438. The minimum absolute atomic E-state index is 0.136. The Balaban J connectivity index is 2.01. The Morgan fingerprint density at radius 2 is 2.04 bits per heavy atom. The summed E-state index contributed by atoms with van der Waals surface area (Å²) in [6.45, 7) is 3.38. The van der Waals surface area contributed by atoms with E-state index in [9.17, 15) is 4.79 Å². The van der Waals surface area contributed by atoms with Gasteiger partial charge in [-0.3, -0.25) is 4.79 Å². The van der Waals surface area contributed by atoms with E-state index in [2.05, 4.69) is 27.0 Å². The maximum Gasteiger partial charge on any atom is 0.251 e. The third-order valence-electron chi connectivity index (χ3n) is 3.47. The maximum atomic E-state index is 12.2. The number of nitrogens with one attached hydrogen (secondary N) is 1. The molecule has 1 aromatic carbocycles. The molecule has 1 aromatic heterocycles. The number of carbonyl (C=O) groups is 1. The van der Waals surface area contributed by atoms with Gasteiger partial charge in [0.15, 0.2) is 11.0 Å². The molecule has 124 valence electrons. The molecule has 1 N–H and O–H groups in total. The Hall–Kier alpha value is -2.02. The summed E-state index contributed by atoms with van der Waals surface area (Å²) in [4.78, 5) is 12.2. The van der Waals surface area contributed by atoms with E-state index in [0.717, 1.165) is 36.1 Å². The van der Waals surface area contributed by atoms with Crippen molar-refractivity contribution >= 4 is 17.7 Å². The van der Waals surface area contributed by atoms with Crippen LogP contribution in [0.5, 0.6) is 5.75 Å². The zero-order valence-corrected chi connectivity index (χ0v) is 14.5. The number of rotatable bonds is 8. The minimum atomic E-state index is -0.136. The van der Waals surface area contributed by atoms with Gasteiger partial charge < -0.3 is 14.6 Å². The van der Waals surface area contributed by atoms with Crippen molar-refractivity contribution < 1.29 is 9.53 Å². The molecule has 23 heavy (non-hydrogen) atoms. The number of amides is 1. The van der Waals surface area contributed by atoms with Crippen molar-refractivity contribution in [3.05, 3.63) is 35.7 Å². The highest BCUT2D eigenvalue weighted by molar-refractivity contribution is 7.98. The summed E-state index contributed by atoms with van der Waals surface area (Å²) in [6.07, 6.45) is 4.14. The Bertz CT molecular complexity index is 640. The Morgan fingerprint density at radius 3 is 2.65 bits per heavy atom. The van der Waals surface area contributed by atoms with Gasteiger partial charge in [0.2, 0.25) is 0 Å². The summed E-state index contributed by atoms with van der Waals surface area (Å²) in [5.41, 5.74) is 0.593. The van der Waals surface area contributed by atoms with Crippen LogP contribution in [0, 0.1) is 0 Å². The average Bonchev–Trinajstić information content (AvgIpc) is 2.99. The van der Waals surface area contributed by atoms with Gasteiger partial charge in [-0.15, -0.1) is 10.2 Å². The van der Waals surface area contributed by atoms with E-state index in [1.54, 1.807) is 43.1 Å². The van der Waals surface area contributed by atoms with Crippen molar-refractivity contribution in [1.82, 2.24) is 20.1 Å². The zero-order valence-electron chi connectivity index (χ0n) is 13.7. The molecule has 0 unspecified atom stereocenters. The number of unbranched alkanes of at least 4 members (excludes halogenated alkanes) is 1. The van der Waals surface area contributed by atoms with Gasteiger partial charge in [-0.2, -0.15) is 0 Å². The highest BCUT2D eigenvalue weighted by Crippen LogP contribution is 2.15. The molecule has 2 aromatic rings. The van der Waals surface area contributed by atoms with Crippen LogP contribution in [0.1, 0.15) is 35.9 Å². The number of methoxy groups -OCH3 is 1. The number of hydrogen-bond acceptors (Lipinski definition) is 5. The van der Waals surface area contributed by atoms with Crippen LogP contribution in [0.2, 0.25) is 0 Å². The number of ether oxygens (including phenoxy) is 1. The molecule has 0 aliphatic rings. The Kier molecular flexibility index (Phi) is 6.46. The monoisotopic (exact) mass is 334 g/mol. The van der Waals surface area contributed by atoms with Crippen molar-refractivity contribution in [2.24, 2.45) is 0 Å². The van der Waals surface area contributed by atoms with Crippen molar-refractivity contribution in [2.45, 2.75) is 38.0 Å². The van der Waals surface area contributed by atoms with Gasteiger partial charge in [0.25, 0.3) is 5.91 Å². The fourth-order valence-corrected chi connectivity index (χ4v) is 2.68. The van der Waals surface area contributed by atoms with Crippen LogP contribution in [0.15, 0.2) is 29.4 Å². The van der Waals surface area contributed by atoms with E-state index in [1.807, 2.05) is 6.26 Å². The lowest BCUT2D eigenvalue weighted by atomic mass is 10.2. The summed E-state index contributed by atoms with van der Waals surface area (Å²) in [6, 6.07) is 7.02. The highest BCUT2D eigenvalue weighted by Gasteiger charge is 2.12. The summed E-state index contributed by atoms with van der Waals surface area (Å²) < 4.78 is 7.16.